The van der Waals surface area contributed by atoms with Gasteiger partial charge in [0.2, 0.25) is 0 Å². The fourth-order valence-corrected chi connectivity index (χ4v) is 2.18. The number of nitrogens with two attached hydrogens (primary N) is 1. The standard InChI is InChI=1S/C15H21N3/c1-10-6-7-12(11(2)8-10)13-14(16)18(9-17-13)15(3,4)5/h6-9H,16H2,1-5H3. The maximum absolute atomic E-state index is 6.23. The van der Waals surface area contributed by atoms with Crippen LogP contribution in [-0.4, -0.2) is 9.55 Å². The minimum atomic E-state index is -0.0477. The zero-order chi connectivity index (χ0) is 13.5. The number of imidazole rings is 1. The van der Waals surface area contributed by atoms with Crippen LogP contribution in [0.1, 0.15) is 31.9 Å². The fraction of sp³-hybridized carbons (Fsp3) is 0.400. The Morgan fingerprint density at radius 1 is 1.17 bits per heavy atom. The van der Waals surface area contributed by atoms with Crippen LogP contribution < -0.4 is 5.73 Å². The van der Waals surface area contributed by atoms with Crippen molar-refractivity contribution in [2.45, 2.75) is 40.2 Å². The molecule has 3 nitrogen and oxygen atoms in total. The van der Waals surface area contributed by atoms with Crippen LogP contribution >= 0.6 is 0 Å². The molecular formula is C15H21N3. The first-order valence-corrected chi connectivity index (χ1v) is 6.21. The molecule has 1 heterocycles. The van der Waals surface area contributed by atoms with Crippen molar-refractivity contribution in [1.82, 2.24) is 9.55 Å². The summed E-state index contributed by atoms with van der Waals surface area (Å²) in [6.45, 7) is 10.6. The first-order chi connectivity index (χ1) is 8.30. The van der Waals surface area contributed by atoms with E-state index in [1.165, 1.54) is 11.1 Å². The Hall–Kier alpha value is -1.77. The van der Waals surface area contributed by atoms with Gasteiger partial charge < -0.3 is 10.3 Å². The molecule has 0 aliphatic heterocycles. The summed E-state index contributed by atoms with van der Waals surface area (Å²) in [6, 6.07) is 6.35. The highest BCUT2D eigenvalue weighted by Crippen LogP contribution is 2.30. The lowest BCUT2D eigenvalue weighted by molar-refractivity contribution is 0.402. The van der Waals surface area contributed by atoms with Gasteiger partial charge in [-0.05, 0) is 40.2 Å². The minimum Gasteiger partial charge on any atom is -0.383 e. The Morgan fingerprint density at radius 2 is 1.83 bits per heavy atom. The molecule has 0 aliphatic rings. The van der Waals surface area contributed by atoms with Gasteiger partial charge in [0.1, 0.15) is 11.5 Å². The Morgan fingerprint density at radius 3 is 2.33 bits per heavy atom. The van der Waals surface area contributed by atoms with Gasteiger partial charge in [-0.1, -0.05) is 23.8 Å². The normalized spacial score (nSPS) is 11.8. The van der Waals surface area contributed by atoms with Crippen LogP contribution in [0.4, 0.5) is 5.82 Å². The Balaban J connectivity index is 2.56. The van der Waals surface area contributed by atoms with E-state index in [0.717, 1.165) is 17.1 Å². The highest BCUT2D eigenvalue weighted by molar-refractivity contribution is 5.73. The number of nitrogens with zero attached hydrogens (tertiary/aromatic N) is 2. The first-order valence-electron chi connectivity index (χ1n) is 6.21. The molecule has 3 heteroatoms. The second-order valence-electron chi connectivity index (χ2n) is 5.84. The predicted molar refractivity (Wildman–Crippen MR) is 76.5 cm³/mol. The second-order valence-corrected chi connectivity index (χ2v) is 5.84. The van der Waals surface area contributed by atoms with Crippen LogP contribution in [0.25, 0.3) is 11.3 Å². The van der Waals surface area contributed by atoms with Crippen LogP contribution in [0.3, 0.4) is 0 Å². The van der Waals surface area contributed by atoms with Crippen molar-refractivity contribution in [3.63, 3.8) is 0 Å². The van der Waals surface area contributed by atoms with Crippen LogP contribution in [0.5, 0.6) is 0 Å². The van der Waals surface area contributed by atoms with Crippen molar-refractivity contribution in [1.29, 1.82) is 0 Å². The lowest BCUT2D eigenvalue weighted by Crippen LogP contribution is -2.22. The quantitative estimate of drug-likeness (QED) is 0.833. The molecule has 18 heavy (non-hydrogen) atoms. The van der Waals surface area contributed by atoms with Crippen LogP contribution in [-0.2, 0) is 5.54 Å². The average molecular weight is 243 g/mol. The predicted octanol–water partition coefficient (Wildman–Crippen LogP) is 3.50. The zero-order valence-electron chi connectivity index (χ0n) is 11.8. The van der Waals surface area contributed by atoms with Gasteiger partial charge in [-0.15, -0.1) is 0 Å². The third-order valence-corrected chi connectivity index (χ3v) is 3.16. The lowest BCUT2D eigenvalue weighted by atomic mass is 10.0. The molecule has 2 rings (SSSR count). The molecule has 0 saturated carbocycles. The van der Waals surface area contributed by atoms with E-state index in [4.69, 9.17) is 5.73 Å². The van der Waals surface area contributed by atoms with Crippen molar-refractivity contribution < 1.29 is 0 Å². The molecule has 0 radical (unpaired) electrons. The van der Waals surface area contributed by atoms with E-state index in [1.54, 1.807) is 0 Å². The number of nitrogen functional groups attached to an aromatic ring is 1. The highest BCUT2D eigenvalue weighted by Gasteiger charge is 2.19. The topological polar surface area (TPSA) is 43.8 Å². The highest BCUT2D eigenvalue weighted by atomic mass is 15.2. The Labute approximate surface area is 109 Å². The number of aryl methyl sites for hydroxylation is 2. The van der Waals surface area contributed by atoms with E-state index in [1.807, 2.05) is 10.9 Å². The van der Waals surface area contributed by atoms with E-state index < -0.39 is 0 Å². The molecule has 2 aromatic rings. The maximum atomic E-state index is 6.23. The van der Waals surface area contributed by atoms with Crippen molar-refractivity contribution in [3.05, 3.63) is 35.7 Å². The van der Waals surface area contributed by atoms with Gasteiger partial charge in [-0.2, -0.15) is 0 Å². The van der Waals surface area contributed by atoms with Crippen molar-refractivity contribution in [3.8, 4) is 11.3 Å². The third kappa shape index (κ3) is 2.13. The molecule has 0 amide bonds. The van der Waals surface area contributed by atoms with Crippen molar-refractivity contribution >= 4 is 5.82 Å². The van der Waals surface area contributed by atoms with E-state index in [-0.39, 0.29) is 5.54 Å². The summed E-state index contributed by atoms with van der Waals surface area (Å²) in [4.78, 5) is 4.48. The van der Waals surface area contributed by atoms with Gasteiger partial charge in [-0.3, -0.25) is 0 Å². The van der Waals surface area contributed by atoms with Gasteiger partial charge in [0.25, 0.3) is 0 Å². The molecule has 0 fully saturated rings. The average Bonchev–Trinajstić information content (AvgIpc) is 2.60. The van der Waals surface area contributed by atoms with Gasteiger partial charge in [0.15, 0.2) is 0 Å². The molecule has 0 bridgehead atoms. The van der Waals surface area contributed by atoms with Crippen molar-refractivity contribution in [2.24, 2.45) is 0 Å². The number of rotatable bonds is 1. The van der Waals surface area contributed by atoms with Gasteiger partial charge in [0.05, 0.1) is 6.33 Å². The molecule has 2 N–H and O–H groups in total. The molecule has 0 aliphatic carbocycles. The maximum Gasteiger partial charge on any atom is 0.132 e. The molecule has 96 valence electrons. The van der Waals surface area contributed by atoms with E-state index >= 15 is 0 Å². The van der Waals surface area contributed by atoms with Crippen LogP contribution in [0.15, 0.2) is 24.5 Å². The molecule has 0 spiro atoms. The summed E-state index contributed by atoms with van der Waals surface area (Å²) in [5, 5.41) is 0. The minimum absolute atomic E-state index is 0.0477. The number of benzene rings is 1. The fourth-order valence-electron chi connectivity index (χ4n) is 2.18. The SMILES string of the molecule is Cc1ccc(-c2ncn(C(C)(C)C)c2N)c(C)c1. The summed E-state index contributed by atoms with van der Waals surface area (Å²) in [5.74, 6) is 0.731. The zero-order valence-corrected chi connectivity index (χ0v) is 11.8. The molecule has 1 aromatic heterocycles. The monoisotopic (exact) mass is 243 g/mol. The first kappa shape index (κ1) is 12.7. The second kappa shape index (κ2) is 4.16. The van der Waals surface area contributed by atoms with Gasteiger partial charge in [0, 0.05) is 11.1 Å². The van der Waals surface area contributed by atoms with Gasteiger partial charge >= 0.3 is 0 Å². The van der Waals surface area contributed by atoms with Crippen LogP contribution in [0, 0.1) is 13.8 Å². The molecule has 0 atom stereocenters. The van der Waals surface area contributed by atoms with E-state index in [2.05, 4.69) is 57.8 Å². The summed E-state index contributed by atoms with van der Waals surface area (Å²) in [5.41, 5.74) is 10.6. The summed E-state index contributed by atoms with van der Waals surface area (Å²) in [7, 11) is 0. The molecular weight excluding hydrogens is 222 g/mol. The summed E-state index contributed by atoms with van der Waals surface area (Å²) >= 11 is 0. The Bertz CT molecular complexity index is 574. The van der Waals surface area contributed by atoms with Crippen molar-refractivity contribution in [2.75, 3.05) is 5.73 Å². The lowest BCUT2D eigenvalue weighted by Gasteiger charge is -2.22. The summed E-state index contributed by atoms with van der Waals surface area (Å²) in [6.07, 6.45) is 1.82. The van der Waals surface area contributed by atoms with E-state index in [9.17, 15) is 0 Å². The number of anilines is 1. The molecule has 1 aromatic carbocycles. The largest absolute Gasteiger partial charge is 0.383 e. The third-order valence-electron chi connectivity index (χ3n) is 3.16. The number of hydrogen-bond donors (Lipinski definition) is 1. The number of hydrogen-bond acceptors (Lipinski definition) is 2. The molecule has 0 unspecified atom stereocenters. The van der Waals surface area contributed by atoms with Crippen LogP contribution in [0.2, 0.25) is 0 Å². The Kier molecular flexibility index (Phi) is 2.93. The van der Waals surface area contributed by atoms with Gasteiger partial charge in [-0.25, -0.2) is 4.98 Å². The number of aromatic nitrogens is 2. The molecule has 0 saturated heterocycles. The smallest absolute Gasteiger partial charge is 0.132 e. The summed E-state index contributed by atoms with van der Waals surface area (Å²) < 4.78 is 2.02. The van der Waals surface area contributed by atoms with E-state index in [0.29, 0.717) is 0 Å².